The summed E-state index contributed by atoms with van der Waals surface area (Å²) < 4.78 is 1.13. The fraction of sp³-hybridized carbons (Fsp3) is 0.600. The van der Waals surface area contributed by atoms with Gasteiger partial charge < -0.3 is 10.4 Å². The first-order valence-electron chi connectivity index (χ1n) is 6.72. The molecule has 1 unspecified atom stereocenters. The molecule has 2 nitrogen and oxygen atoms in total. The van der Waals surface area contributed by atoms with Crippen molar-refractivity contribution >= 4 is 15.9 Å². The van der Waals surface area contributed by atoms with Crippen molar-refractivity contribution in [2.45, 2.75) is 46.3 Å². The van der Waals surface area contributed by atoms with Crippen LogP contribution in [0.25, 0.3) is 0 Å². The number of nitrogens with one attached hydrogen (secondary N) is 1. The topological polar surface area (TPSA) is 32.3 Å². The molecule has 0 aliphatic carbocycles. The number of aryl methyl sites for hydroxylation is 1. The largest absolute Gasteiger partial charge is 0.392 e. The third-order valence-corrected chi connectivity index (χ3v) is 4.21. The van der Waals surface area contributed by atoms with Crippen LogP contribution in [0.4, 0.5) is 0 Å². The number of aliphatic hydroxyl groups is 1. The molecule has 102 valence electrons. The third-order valence-electron chi connectivity index (χ3n) is 3.47. The summed E-state index contributed by atoms with van der Waals surface area (Å²) >= 11 is 3.57. The van der Waals surface area contributed by atoms with Gasteiger partial charge in [-0.3, -0.25) is 0 Å². The Hall–Kier alpha value is -0.380. The van der Waals surface area contributed by atoms with E-state index < -0.39 is 0 Å². The maximum absolute atomic E-state index is 10.0. The SMILES string of the molecule is CCC(CC)C(O)CNCc1ccc(C)cc1Br. The first-order valence-corrected chi connectivity index (χ1v) is 7.51. The van der Waals surface area contributed by atoms with Gasteiger partial charge in [0.15, 0.2) is 0 Å². The minimum Gasteiger partial charge on any atom is -0.392 e. The Morgan fingerprint density at radius 2 is 1.94 bits per heavy atom. The van der Waals surface area contributed by atoms with Crippen molar-refractivity contribution in [2.75, 3.05) is 6.54 Å². The molecule has 1 rings (SSSR count). The van der Waals surface area contributed by atoms with Crippen LogP contribution in [0, 0.1) is 12.8 Å². The minimum atomic E-state index is -0.246. The maximum atomic E-state index is 10.0. The summed E-state index contributed by atoms with van der Waals surface area (Å²) in [6, 6.07) is 6.35. The highest BCUT2D eigenvalue weighted by Crippen LogP contribution is 2.18. The predicted molar refractivity (Wildman–Crippen MR) is 80.7 cm³/mol. The van der Waals surface area contributed by atoms with Crippen molar-refractivity contribution in [3.05, 3.63) is 33.8 Å². The number of rotatable bonds is 7. The molecule has 1 aromatic rings. The summed E-state index contributed by atoms with van der Waals surface area (Å²) in [5, 5.41) is 13.4. The minimum absolute atomic E-state index is 0.246. The van der Waals surface area contributed by atoms with Crippen LogP contribution in [0.1, 0.15) is 37.8 Å². The van der Waals surface area contributed by atoms with E-state index >= 15 is 0 Å². The molecule has 0 radical (unpaired) electrons. The van der Waals surface area contributed by atoms with E-state index in [1.165, 1.54) is 11.1 Å². The first kappa shape index (κ1) is 15.7. The Kier molecular flexibility index (Phi) is 6.90. The van der Waals surface area contributed by atoms with Crippen LogP contribution in [0.3, 0.4) is 0 Å². The average Bonchev–Trinajstić information content (AvgIpc) is 2.33. The van der Waals surface area contributed by atoms with Crippen molar-refractivity contribution in [1.29, 1.82) is 0 Å². The summed E-state index contributed by atoms with van der Waals surface area (Å²) in [5.41, 5.74) is 2.49. The Morgan fingerprint density at radius 1 is 1.28 bits per heavy atom. The Labute approximate surface area is 119 Å². The predicted octanol–water partition coefficient (Wildman–Crippen LogP) is 3.64. The summed E-state index contributed by atoms with van der Waals surface area (Å²) in [7, 11) is 0. The number of benzene rings is 1. The van der Waals surface area contributed by atoms with Crippen molar-refractivity contribution in [3.63, 3.8) is 0 Å². The van der Waals surface area contributed by atoms with Gasteiger partial charge in [-0.1, -0.05) is 54.8 Å². The summed E-state index contributed by atoms with van der Waals surface area (Å²) in [6.07, 6.45) is 1.82. The monoisotopic (exact) mass is 313 g/mol. The second-order valence-corrected chi connectivity index (χ2v) is 5.72. The van der Waals surface area contributed by atoms with E-state index in [2.05, 4.69) is 60.2 Å². The van der Waals surface area contributed by atoms with Crippen molar-refractivity contribution in [1.82, 2.24) is 5.32 Å². The molecule has 1 atom stereocenters. The Morgan fingerprint density at radius 3 is 2.50 bits per heavy atom. The molecule has 0 saturated carbocycles. The number of hydrogen-bond acceptors (Lipinski definition) is 2. The van der Waals surface area contributed by atoms with Crippen LogP contribution in [0.5, 0.6) is 0 Å². The summed E-state index contributed by atoms with van der Waals surface area (Å²) in [5.74, 6) is 0.402. The number of halogens is 1. The van der Waals surface area contributed by atoms with Crippen molar-refractivity contribution in [2.24, 2.45) is 5.92 Å². The molecule has 1 aromatic carbocycles. The zero-order chi connectivity index (χ0) is 13.5. The average molecular weight is 314 g/mol. The van der Waals surface area contributed by atoms with Crippen molar-refractivity contribution in [3.8, 4) is 0 Å². The van der Waals surface area contributed by atoms with Crippen molar-refractivity contribution < 1.29 is 5.11 Å². The lowest BCUT2D eigenvalue weighted by Crippen LogP contribution is -2.32. The van der Waals surface area contributed by atoms with Crippen LogP contribution in [-0.4, -0.2) is 17.8 Å². The van der Waals surface area contributed by atoms with Crippen LogP contribution in [0.2, 0.25) is 0 Å². The zero-order valence-corrected chi connectivity index (χ0v) is 13.1. The van der Waals surface area contributed by atoms with Crippen LogP contribution in [0.15, 0.2) is 22.7 Å². The van der Waals surface area contributed by atoms with Crippen LogP contribution >= 0.6 is 15.9 Å². The standard InChI is InChI=1S/C15H24BrNO/c1-4-12(5-2)15(18)10-17-9-13-7-6-11(3)8-14(13)16/h6-8,12,15,17-18H,4-5,9-10H2,1-3H3. The molecule has 0 spiro atoms. The maximum Gasteiger partial charge on any atom is 0.0692 e. The van der Waals surface area contributed by atoms with Gasteiger partial charge in [-0.2, -0.15) is 0 Å². The van der Waals surface area contributed by atoms with Gasteiger partial charge in [-0.25, -0.2) is 0 Å². The fourth-order valence-corrected chi connectivity index (χ4v) is 2.78. The molecule has 0 amide bonds. The number of aliphatic hydroxyl groups excluding tert-OH is 1. The second kappa shape index (κ2) is 7.93. The Bertz CT molecular complexity index is 364. The van der Waals surface area contributed by atoms with Gasteiger partial charge in [-0.05, 0) is 30.0 Å². The lowest BCUT2D eigenvalue weighted by atomic mass is 9.96. The highest BCUT2D eigenvalue weighted by Gasteiger charge is 2.14. The molecule has 3 heteroatoms. The molecule has 0 aliphatic heterocycles. The van der Waals surface area contributed by atoms with E-state index in [0.717, 1.165) is 23.9 Å². The fourth-order valence-electron chi connectivity index (χ4n) is 2.15. The molecular weight excluding hydrogens is 290 g/mol. The molecule has 0 bridgehead atoms. The lowest BCUT2D eigenvalue weighted by molar-refractivity contribution is 0.101. The highest BCUT2D eigenvalue weighted by atomic mass is 79.9. The van der Waals surface area contributed by atoms with Gasteiger partial charge in [0.25, 0.3) is 0 Å². The molecule has 2 N–H and O–H groups in total. The number of hydrogen-bond donors (Lipinski definition) is 2. The second-order valence-electron chi connectivity index (χ2n) is 4.87. The first-order chi connectivity index (χ1) is 8.58. The quantitative estimate of drug-likeness (QED) is 0.805. The van der Waals surface area contributed by atoms with Crippen LogP contribution < -0.4 is 5.32 Å². The third kappa shape index (κ3) is 4.71. The molecule has 0 heterocycles. The smallest absolute Gasteiger partial charge is 0.0692 e. The molecular formula is C15H24BrNO. The van der Waals surface area contributed by atoms with Gasteiger partial charge in [0, 0.05) is 17.6 Å². The molecule has 0 aliphatic rings. The van der Waals surface area contributed by atoms with E-state index in [9.17, 15) is 5.11 Å². The van der Waals surface area contributed by atoms with Gasteiger partial charge in [-0.15, -0.1) is 0 Å². The Balaban J connectivity index is 2.41. The summed E-state index contributed by atoms with van der Waals surface area (Å²) in [4.78, 5) is 0. The summed E-state index contributed by atoms with van der Waals surface area (Å²) in [6.45, 7) is 7.80. The molecule has 0 fully saturated rings. The van der Waals surface area contributed by atoms with Crippen LogP contribution in [-0.2, 0) is 6.54 Å². The van der Waals surface area contributed by atoms with E-state index in [1.54, 1.807) is 0 Å². The van der Waals surface area contributed by atoms with E-state index in [1.807, 2.05) is 0 Å². The molecule has 0 aromatic heterocycles. The molecule has 0 saturated heterocycles. The lowest BCUT2D eigenvalue weighted by Gasteiger charge is -2.20. The normalized spacial score (nSPS) is 13.0. The van der Waals surface area contributed by atoms with E-state index in [0.29, 0.717) is 12.5 Å². The van der Waals surface area contributed by atoms with E-state index in [4.69, 9.17) is 0 Å². The van der Waals surface area contributed by atoms with Gasteiger partial charge in [0.05, 0.1) is 6.10 Å². The van der Waals surface area contributed by atoms with Gasteiger partial charge in [0.1, 0.15) is 0 Å². The van der Waals surface area contributed by atoms with Gasteiger partial charge >= 0.3 is 0 Å². The molecule has 18 heavy (non-hydrogen) atoms. The highest BCUT2D eigenvalue weighted by molar-refractivity contribution is 9.10. The van der Waals surface area contributed by atoms with Gasteiger partial charge in [0.2, 0.25) is 0 Å². The zero-order valence-electron chi connectivity index (χ0n) is 11.5. The van der Waals surface area contributed by atoms with E-state index in [-0.39, 0.29) is 6.10 Å².